The predicted molar refractivity (Wildman–Crippen MR) is 119 cm³/mol. The van der Waals surface area contributed by atoms with Gasteiger partial charge in [-0.05, 0) is 41.2 Å². The van der Waals surface area contributed by atoms with Gasteiger partial charge >= 0.3 is 0 Å². The number of benzene rings is 2. The van der Waals surface area contributed by atoms with E-state index in [1.165, 1.54) is 30.0 Å². The first-order chi connectivity index (χ1) is 15.3. The van der Waals surface area contributed by atoms with E-state index in [0.29, 0.717) is 46.4 Å². The maximum absolute atomic E-state index is 14.1. The molecule has 1 unspecified atom stereocenters. The molecule has 1 N–H and O–H groups in total. The van der Waals surface area contributed by atoms with E-state index in [0.717, 1.165) is 5.70 Å². The second kappa shape index (κ2) is 7.85. The number of allylic oxidation sites excluding steroid dienone is 2. The molecule has 2 aromatic carbocycles. The van der Waals surface area contributed by atoms with Gasteiger partial charge in [-0.3, -0.25) is 4.79 Å². The van der Waals surface area contributed by atoms with Crippen molar-refractivity contribution < 1.29 is 13.6 Å². The van der Waals surface area contributed by atoms with Crippen LogP contribution < -0.4 is 5.32 Å². The summed E-state index contributed by atoms with van der Waals surface area (Å²) in [5, 5.41) is 8.38. The SMILES string of the molecule is CC1(C)CC(=O)C2=C(C1)Nc1nc(SCc3ccccc3F)nn1C2c1cccc(F)c1. The summed E-state index contributed by atoms with van der Waals surface area (Å²) in [5.74, 6) is 0.256. The van der Waals surface area contributed by atoms with Crippen molar-refractivity contribution in [1.82, 2.24) is 14.8 Å². The van der Waals surface area contributed by atoms with Gasteiger partial charge in [0.1, 0.15) is 17.7 Å². The lowest BCUT2D eigenvalue weighted by Gasteiger charge is -2.38. The van der Waals surface area contributed by atoms with Crippen molar-refractivity contribution in [3.8, 4) is 0 Å². The van der Waals surface area contributed by atoms with Crippen molar-refractivity contribution in [3.63, 3.8) is 0 Å². The van der Waals surface area contributed by atoms with E-state index in [9.17, 15) is 13.6 Å². The van der Waals surface area contributed by atoms with Crippen LogP contribution in [0.2, 0.25) is 0 Å². The minimum absolute atomic E-state index is 0.0275. The number of rotatable bonds is 4. The summed E-state index contributed by atoms with van der Waals surface area (Å²) in [6.45, 7) is 4.12. The zero-order chi connectivity index (χ0) is 22.5. The average molecular weight is 453 g/mol. The molecule has 1 atom stereocenters. The predicted octanol–water partition coefficient (Wildman–Crippen LogP) is 5.51. The zero-order valence-electron chi connectivity index (χ0n) is 17.7. The van der Waals surface area contributed by atoms with Gasteiger partial charge in [0.25, 0.3) is 0 Å². The number of carbonyl (C=O) groups is 1. The van der Waals surface area contributed by atoms with E-state index < -0.39 is 6.04 Å². The van der Waals surface area contributed by atoms with Crippen LogP contribution in [-0.2, 0) is 10.5 Å². The van der Waals surface area contributed by atoms with E-state index in [1.807, 2.05) is 0 Å². The maximum atomic E-state index is 14.1. The molecular weight excluding hydrogens is 430 g/mol. The molecule has 2 heterocycles. The molecule has 1 aliphatic carbocycles. The van der Waals surface area contributed by atoms with Crippen LogP contribution in [0.3, 0.4) is 0 Å². The van der Waals surface area contributed by atoms with Crippen molar-refractivity contribution in [2.45, 2.75) is 43.6 Å². The number of thioether (sulfide) groups is 1. The normalized spacial score (nSPS) is 19.4. The molecule has 0 radical (unpaired) electrons. The number of carbonyl (C=O) groups excluding carboxylic acids is 1. The first-order valence-corrected chi connectivity index (χ1v) is 11.4. The Hall–Kier alpha value is -3.00. The number of nitrogens with zero attached hydrogens (tertiary/aromatic N) is 3. The summed E-state index contributed by atoms with van der Waals surface area (Å²) in [7, 11) is 0. The van der Waals surface area contributed by atoms with E-state index in [2.05, 4.69) is 29.2 Å². The van der Waals surface area contributed by atoms with Crippen molar-refractivity contribution in [2.24, 2.45) is 5.41 Å². The summed E-state index contributed by atoms with van der Waals surface area (Å²) in [4.78, 5) is 17.8. The molecule has 5 nitrogen and oxygen atoms in total. The molecule has 8 heteroatoms. The minimum atomic E-state index is -0.559. The van der Waals surface area contributed by atoms with Gasteiger partial charge in [0.05, 0.1) is 0 Å². The Bertz CT molecular complexity index is 1250. The third-order valence-electron chi connectivity index (χ3n) is 5.79. The lowest BCUT2D eigenvalue weighted by molar-refractivity contribution is -0.118. The van der Waals surface area contributed by atoms with Crippen LogP contribution >= 0.6 is 11.8 Å². The number of anilines is 1. The molecule has 3 aromatic rings. The molecule has 1 aliphatic heterocycles. The van der Waals surface area contributed by atoms with Crippen LogP contribution in [0.15, 0.2) is 65.0 Å². The molecule has 0 bridgehead atoms. The van der Waals surface area contributed by atoms with Gasteiger partial charge in [0.15, 0.2) is 5.78 Å². The Morgan fingerprint density at radius 1 is 1.16 bits per heavy atom. The molecule has 0 saturated carbocycles. The highest BCUT2D eigenvalue weighted by atomic mass is 32.2. The fourth-order valence-corrected chi connectivity index (χ4v) is 5.21. The number of halogens is 2. The summed E-state index contributed by atoms with van der Waals surface area (Å²) in [6.07, 6.45) is 1.10. The van der Waals surface area contributed by atoms with Gasteiger partial charge < -0.3 is 5.32 Å². The summed E-state index contributed by atoms with van der Waals surface area (Å²) in [5.41, 5.74) is 2.45. The highest BCUT2D eigenvalue weighted by Gasteiger charge is 2.42. The van der Waals surface area contributed by atoms with Crippen molar-refractivity contribution >= 4 is 23.5 Å². The highest BCUT2D eigenvalue weighted by Crippen LogP contribution is 2.45. The monoisotopic (exact) mass is 452 g/mol. The first-order valence-electron chi connectivity index (χ1n) is 10.4. The van der Waals surface area contributed by atoms with E-state index >= 15 is 0 Å². The lowest BCUT2D eigenvalue weighted by Crippen LogP contribution is -2.36. The molecule has 0 spiro atoms. The summed E-state index contributed by atoms with van der Waals surface area (Å²) >= 11 is 1.31. The highest BCUT2D eigenvalue weighted by molar-refractivity contribution is 7.98. The third kappa shape index (κ3) is 3.83. The molecule has 0 fully saturated rings. The molecule has 2 aliphatic rings. The van der Waals surface area contributed by atoms with Crippen LogP contribution in [-0.4, -0.2) is 20.5 Å². The Labute approximate surface area is 188 Å². The van der Waals surface area contributed by atoms with E-state index in [4.69, 9.17) is 0 Å². The Kier molecular flexibility index (Phi) is 5.12. The fourth-order valence-electron chi connectivity index (χ4n) is 4.39. The van der Waals surface area contributed by atoms with Gasteiger partial charge in [-0.1, -0.05) is 55.9 Å². The average Bonchev–Trinajstić information content (AvgIpc) is 3.13. The van der Waals surface area contributed by atoms with Gasteiger partial charge in [0, 0.05) is 23.4 Å². The quantitative estimate of drug-likeness (QED) is 0.529. The van der Waals surface area contributed by atoms with Crippen molar-refractivity contribution in [2.75, 3.05) is 5.32 Å². The number of ketones is 1. The Morgan fingerprint density at radius 2 is 1.97 bits per heavy atom. The minimum Gasteiger partial charge on any atom is -0.328 e. The molecular formula is C24H22F2N4OS. The third-order valence-corrected chi connectivity index (χ3v) is 6.68. The van der Waals surface area contributed by atoms with E-state index in [1.54, 1.807) is 35.0 Å². The summed E-state index contributed by atoms with van der Waals surface area (Å²) < 4.78 is 29.7. The molecule has 1 aromatic heterocycles. The number of Topliss-reactive ketones (excluding diaryl/α,β-unsaturated/α-hetero) is 1. The largest absolute Gasteiger partial charge is 0.328 e. The zero-order valence-corrected chi connectivity index (χ0v) is 18.5. The topological polar surface area (TPSA) is 59.8 Å². The number of hydrogen-bond donors (Lipinski definition) is 1. The smallest absolute Gasteiger partial charge is 0.227 e. The van der Waals surface area contributed by atoms with Crippen LogP contribution in [0.5, 0.6) is 0 Å². The fraction of sp³-hybridized carbons (Fsp3) is 0.292. The van der Waals surface area contributed by atoms with Crippen LogP contribution in [0.25, 0.3) is 0 Å². The van der Waals surface area contributed by atoms with E-state index in [-0.39, 0.29) is 22.8 Å². The van der Waals surface area contributed by atoms with Gasteiger partial charge in [0.2, 0.25) is 11.1 Å². The number of aromatic nitrogens is 3. The number of hydrogen-bond acceptors (Lipinski definition) is 5. The second-order valence-corrected chi connectivity index (χ2v) is 9.90. The van der Waals surface area contributed by atoms with Crippen molar-refractivity contribution in [3.05, 3.63) is 82.6 Å². The second-order valence-electron chi connectivity index (χ2n) is 8.96. The number of fused-ring (bicyclic) bond motifs is 1. The van der Waals surface area contributed by atoms with Gasteiger partial charge in [-0.15, -0.1) is 5.10 Å². The van der Waals surface area contributed by atoms with Gasteiger partial charge in [-0.2, -0.15) is 4.98 Å². The Balaban J connectivity index is 1.54. The van der Waals surface area contributed by atoms with Crippen molar-refractivity contribution in [1.29, 1.82) is 0 Å². The lowest BCUT2D eigenvalue weighted by atomic mass is 9.73. The van der Waals surface area contributed by atoms with Crippen LogP contribution in [0.1, 0.15) is 43.9 Å². The molecule has 164 valence electrons. The van der Waals surface area contributed by atoms with Gasteiger partial charge in [-0.25, -0.2) is 13.5 Å². The standard InChI is InChI=1S/C24H22F2N4OS/c1-24(2)11-18-20(19(31)12-24)21(14-7-5-8-16(25)10-14)30-22(27-18)28-23(29-30)32-13-15-6-3-4-9-17(15)26/h3-10,21H,11-13H2,1-2H3,(H,27,28,29). The molecule has 32 heavy (non-hydrogen) atoms. The Morgan fingerprint density at radius 3 is 2.75 bits per heavy atom. The number of nitrogens with one attached hydrogen (secondary N) is 1. The summed E-state index contributed by atoms with van der Waals surface area (Å²) in [6, 6.07) is 12.3. The maximum Gasteiger partial charge on any atom is 0.227 e. The van der Waals surface area contributed by atoms with Crippen LogP contribution in [0, 0.1) is 17.0 Å². The molecule has 5 rings (SSSR count). The molecule has 0 amide bonds. The first kappa shape index (κ1) is 20.9. The molecule has 0 saturated heterocycles. The van der Waals surface area contributed by atoms with Crippen LogP contribution in [0.4, 0.5) is 14.7 Å².